The van der Waals surface area contributed by atoms with Crippen LogP contribution in [0.3, 0.4) is 0 Å². The minimum atomic E-state index is -0.786. The van der Waals surface area contributed by atoms with Crippen molar-refractivity contribution in [3.63, 3.8) is 0 Å². The summed E-state index contributed by atoms with van der Waals surface area (Å²) in [4.78, 5) is 22.9. The third kappa shape index (κ3) is 5.61. The summed E-state index contributed by atoms with van der Waals surface area (Å²) < 4.78 is 16.4. The molecule has 5 rings (SSSR count). The van der Waals surface area contributed by atoms with Crippen molar-refractivity contribution in [2.75, 3.05) is 51.1 Å². The fraction of sp³-hybridized carbons (Fsp3) is 0.500. The van der Waals surface area contributed by atoms with Crippen molar-refractivity contribution in [2.45, 2.75) is 31.4 Å². The molecule has 4 N–H and O–H groups in total. The van der Waals surface area contributed by atoms with Crippen LogP contribution in [0, 0.1) is 11.8 Å². The molecule has 37 heavy (non-hydrogen) atoms. The maximum absolute atomic E-state index is 11.5. The molecule has 2 bridgehead atoms. The number of carbonyl (C=O) groups excluding carboxylic acids is 1. The normalized spacial score (nSPS) is 24.4. The van der Waals surface area contributed by atoms with E-state index in [9.17, 15) is 4.79 Å². The first-order chi connectivity index (χ1) is 17.9. The summed E-state index contributed by atoms with van der Waals surface area (Å²) in [6.45, 7) is 3.61. The number of benzene rings is 1. The van der Waals surface area contributed by atoms with Gasteiger partial charge in [0.1, 0.15) is 16.9 Å². The van der Waals surface area contributed by atoms with Crippen LogP contribution in [0.25, 0.3) is 0 Å². The molecule has 0 spiro atoms. The summed E-state index contributed by atoms with van der Waals surface area (Å²) in [5.74, 6) is 1.90. The summed E-state index contributed by atoms with van der Waals surface area (Å²) in [6.07, 6.45) is 7.38. The fourth-order valence-corrected chi connectivity index (χ4v) is 5.72. The molecular weight excluding hydrogens is 496 g/mol. The number of methoxy groups -OCH3 is 2. The lowest BCUT2D eigenvalue weighted by molar-refractivity contribution is 0.0853. The third-order valence-electron chi connectivity index (χ3n) is 7.46. The van der Waals surface area contributed by atoms with Gasteiger partial charge in [-0.2, -0.15) is 4.98 Å². The second-order valence-corrected chi connectivity index (χ2v) is 10.1. The summed E-state index contributed by atoms with van der Waals surface area (Å²) >= 11 is 6.45. The second-order valence-electron chi connectivity index (χ2n) is 9.69. The minimum absolute atomic E-state index is 0.127. The van der Waals surface area contributed by atoms with Crippen molar-refractivity contribution in [2.24, 2.45) is 17.6 Å². The Morgan fingerprint density at radius 3 is 2.68 bits per heavy atom. The van der Waals surface area contributed by atoms with Gasteiger partial charge in [-0.3, -0.25) is 0 Å². The van der Waals surface area contributed by atoms with Crippen LogP contribution in [-0.2, 0) is 22.3 Å². The van der Waals surface area contributed by atoms with Gasteiger partial charge in [-0.1, -0.05) is 23.8 Å². The monoisotopic (exact) mass is 528 g/mol. The van der Waals surface area contributed by atoms with E-state index in [1.807, 2.05) is 0 Å². The number of rotatable bonds is 9. The first kappa shape index (κ1) is 25.6. The van der Waals surface area contributed by atoms with E-state index in [1.54, 1.807) is 20.4 Å². The second kappa shape index (κ2) is 11.1. The zero-order valence-electron chi connectivity index (χ0n) is 21.1. The van der Waals surface area contributed by atoms with Crippen LogP contribution in [0.4, 0.5) is 22.2 Å². The van der Waals surface area contributed by atoms with Crippen LogP contribution in [0.1, 0.15) is 17.5 Å². The number of nitrogens with two attached hydrogens (primary N) is 1. The molecule has 4 atom stereocenters. The quantitative estimate of drug-likeness (QED) is 0.420. The van der Waals surface area contributed by atoms with E-state index < -0.39 is 6.09 Å². The lowest BCUT2D eigenvalue weighted by Crippen LogP contribution is -2.41. The highest BCUT2D eigenvalue weighted by molar-refractivity contribution is 6.32. The van der Waals surface area contributed by atoms with E-state index in [0.29, 0.717) is 16.8 Å². The fourth-order valence-electron chi connectivity index (χ4n) is 5.58. The number of hydrogen-bond donors (Lipinski definition) is 3. The Hall–Kier alpha value is -3.08. The van der Waals surface area contributed by atoms with E-state index >= 15 is 0 Å². The van der Waals surface area contributed by atoms with Gasteiger partial charge in [-0.25, -0.2) is 9.78 Å². The smallest absolute Gasteiger partial charge is 0.404 e. The Labute approximate surface area is 221 Å². The lowest BCUT2D eigenvalue weighted by Gasteiger charge is -2.28. The lowest BCUT2D eigenvalue weighted by atomic mass is 9.98. The number of aromatic nitrogens is 2. The predicted octanol–water partition coefficient (Wildman–Crippen LogP) is 3.38. The van der Waals surface area contributed by atoms with E-state index in [1.165, 1.54) is 11.1 Å². The van der Waals surface area contributed by atoms with Crippen molar-refractivity contribution >= 4 is 35.1 Å². The number of primary amides is 1. The number of nitrogens with zero attached hydrogens (tertiary/aromatic N) is 3. The molecule has 2 aromatic rings. The van der Waals surface area contributed by atoms with Gasteiger partial charge < -0.3 is 35.5 Å². The molecule has 1 aromatic heterocycles. The maximum atomic E-state index is 11.5. The number of anilines is 3. The molecule has 1 amide bonds. The summed E-state index contributed by atoms with van der Waals surface area (Å²) in [7, 11) is 3.39. The van der Waals surface area contributed by atoms with Crippen molar-refractivity contribution < 1.29 is 19.0 Å². The molecule has 3 aliphatic rings. The van der Waals surface area contributed by atoms with Gasteiger partial charge in [-0.15, -0.1) is 0 Å². The molecule has 1 saturated carbocycles. The number of carbonyl (C=O) groups is 1. The van der Waals surface area contributed by atoms with Crippen molar-refractivity contribution in [1.29, 1.82) is 0 Å². The first-order valence-corrected chi connectivity index (χ1v) is 12.9. The largest absolute Gasteiger partial charge is 0.495 e. The number of ether oxygens (including phenoxy) is 3. The van der Waals surface area contributed by atoms with Crippen LogP contribution in [0.2, 0.25) is 5.02 Å². The predicted molar refractivity (Wildman–Crippen MR) is 142 cm³/mol. The van der Waals surface area contributed by atoms with E-state index in [4.69, 9.17) is 31.5 Å². The number of amides is 1. The van der Waals surface area contributed by atoms with E-state index in [2.05, 4.69) is 49.8 Å². The average Bonchev–Trinajstić information content (AvgIpc) is 3.42. The zero-order valence-corrected chi connectivity index (χ0v) is 21.8. The van der Waals surface area contributed by atoms with E-state index in [-0.39, 0.29) is 24.0 Å². The SMILES string of the molecule is COCCN1CCc2cc(Nc3ncc(Cl)c(N[C@@H]4[C@H](OC(N)=O)[C@H]5C=C[C@@H]4C5)n3)c(OC)cc2CC1. The van der Waals surface area contributed by atoms with Gasteiger partial charge in [0.15, 0.2) is 5.82 Å². The van der Waals surface area contributed by atoms with Crippen LogP contribution in [0.5, 0.6) is 5.75 Å². The molecule has 0 saturated heterocycles. The van der Waals surface area contributed by atoms with Crippen LogP contribution in [-0.4, -0.2) is 73.6 Å². The van der Waals surface area contributed by atoms with Gasteiger partial charge >= 0.3 is 6.09 Å². The van der Waals surface area contributed by atoms with E-state index in [0.717, 1.165) is 56.9 Å². The van der Waals surface area contributed by atoms with Crippen LogP contribution in [0.15, 0.2) is 30.5 Å². The number of hydrogen-bond acceptors (Lipinski definition) is 9. The standard InChI is InChI=1S/C26H33ClN6O4/c1-35-10-9-33-7-5-15-12-20(21(36-2)13-16(15)6-8-33)30-26-29-14-19(27)24(32-26)31-22-17-3-4-18(11-17)23(22)37-25(28)34/h3-4,12-14,17-18,22-23H,5-11H2,1-2H3,(H2,28,34)(H2,29,30,31,32)/t17-,18+,22+,23-/m1/s1. The zero-order chi connectivity index (χ0) is 25.9. The van der Waals surface area contributed by atoms with Crippen molar-refractivity contribution in [3.05, 3.63) is 46.6 Å². The van der Waals surface area contributed by atoms with Gasteiger partial charge in [0.25, 0.3) is 0 Å². The molecule has 1 aromatic carbocycles. The van der Waals surface area contributed by atoms with Gasteiger partial charge in [0.05, 0.1) is 31.6 Å². The highest BCUT2D eigenvalue weighted by Gasteiger charge is 2.47. The molecule has 2 aliphatic carbocycles. The molecule has 11 heteroatoms. The third-order valence-corrected chi connectivity index (χ3v) is 7.74. The Balaban J connectivity index is 1.34. The van der Waals surface area contributed by atoms with Crippen molar-refractivity contribution in [3.8, 4) is 5.75 Å². The molecule has 10 nitrogen and oxygen atoms in total. The topological polar surface area (TPSA) is 124 Å². The maximum Gasteiger partial charge on any atom is 0.404 e. The Morgan fingerprint density at radius 1 is 1.19 bits per heavy atom. The van der Waals surface area contributed by atoms with Gasteiger partial charge in [-0.05, 0) is 42.5 Å². The molecule has 2 heterocycles. The molecule has 0 radical (unpaired) electrons. The molecular formula is C26H33ClN6O4. The van der Waals surface area contributed by atoms with Crippen LogP contribution < -0.4 is 21.1 Å². The Kier molecular flexibility index (Phi) is 7.68. The minimum Gasteiger partial charge on any atom is -0.495 e. The first-order valence-electron chi connectivity index (χ1n) is 12.6. The van der Waals surface area contributed by atoms with Gasteiger partial charge in [0, 0.05) is 38.6 Å². The highest BCUT2D eigenvalue weighted by Crippen LogP contribution is 2.43. The number of fused-ring (bicyclic) bond motifs is 3. The molecule has 1 aliphatic heterocycles. The average molecular weight is 529 g/mol. The molecule has 198 valence electrons. The van der Waals surface area contributed by atoms with Crippen molar-refractivity contribution in [1.82, 2.24) is 14.9 Å². The Bertz CT molecular complexity index is 1180. The number of halogens is 1. The van der Waals surface area contributed by atoms with Gasteiger partial charge in [0.2, 0.25) is 5.95 Å². The molecule has 1 fully saturated rings. The Morgan fingerprint density at radius 2 is 1.95 bits per heavy atom. The highest BCUT2D eigenvalue weighted by atomic mass is 35.5. The summed E-state index contributed by atoms with van der Waals surface area (Å²) in [5, 5.41) is 7.06. The summed E-state index contributed by atoms with van der Waals surface area (Å²) in [5.41, 5.74) is 8.67. The summed E-state index contributed by atoms with van der Waals surface area (Å²) in [6, 6.07) is 4.04. The van der Waals surface area contributed by atoms with Crippen LogP contribution >= 0.6 is 11.6 Å². The molecule has 0 unspecified atom stereocenters. The number of nitrogens with one attached hydrogen (secondary N) is 2.